The van der Waals surface area contributed by atoms with E-state index in [-0.39, 0.29) is 28.0 Å². The van der Waals surface area contributed by atoms with Gasteiger partial charge in [-0.25, -0.2) is 0 Å². The highest BCUT2D eigenvalue weighted by molar-refractivity contribution is 5.89. The van der Waals surface area contributed by atoms with Gasteiger partial charge in [0.05, 0.1) is 6.10 Å². The van der Waals surface area contributed by atoms with Crippen LogP contribution < -0.4 is 10.2 Å². The van der Waals surface area contributed by atoms with E-state index in [1.807, 2.05) is 0 Å². The largest absolute Gasteiger partial charge is 0.504 e. The number of aliphatic hydroxyl groups excluding tert-OH is 3. The van der Waals surface area contributed by atoms with Gasteiger partial charge in [0.25, 0.3) is 0 Å². The van der Waals surface area contributed by atoms with E-state index in [0.717, 1.165) is 18.2 Å². The summed E-state index contributed by atoms with van der Waals surface area (Å²) in [6.45, 7) is 1.44. The van der Waals surface area contributed by atoms with E-state index in [9.17, 15) is 40.5 Å². The first-order chi connectivity index (χ1) is 15.1. The van der Waals surface area contributed by atoms with Crippen molar-refractivity contribution in [2.75, 3.05) is 0 Å². The molecule has 0 aliphatic carbocycles. The Labute approximate surface area is 179 Å². The highest BCUT2D eigenvalue weighted by Gasteiger charge is 2.43. The zero-order chi connectivity index (χ0) is 23.3. The molecular formula is C21H20O11. The highest BCUT2D eigenvalue weighted by atomic mass is 16.7. The van der Waals surface area contributed by atoms with Crippen molar-refractivity contribution in [2.45, 2.75) is 37.6 Å². The van der Waals surface area contributed by atoms with Crippen LogP contribution in [0.3, 0.4) is 0 Å². The first kappa shape index (κ1) is 21.7. The highest BCUT2D eigenvalue weighted by Crippen LogP contribution is 2.43. The van der Waals surface area contributed by atoms with Crippen LogP contribution in [0, 0.1) is 0 Å². The number of phenolic OH excluding ortho intramolecular Hbond substituents is 4. The predicted octanol–water partition coefficient (Wildman–Crippen LogP) is 0.489. The Balaban J connectivity index is 1.78. The molecule has 0 spiro atoms. The monoisotopic (exact) mass is 448 g/mol. The van der Waals surface area contributed by atoms with Gasteiger partial charge in [0.15, 0.2) is 28.4 Å². The molecule has 3 aromatic rings. The van der Waals surface area contributed by atoms with Crippen LogP contribution in [0.1, 0.15) is 6.92 Å². The van der Waals surface area contributed by atoms with Gasteiger partial charge >= 0.3 is 0 Å². The Morgan fingerprint density at radius 2 is 1.59 bits per heavy atom. The summed E-state index contributed by atoms with van der Waals surface area (Å²) >= 11 is 0. The lowest BCUT2D eigenvalue weighted by Crippen LogP contribution is -2.58. The number of hydrogen-bond donors (Lipinski definition) is 7. The fourth-order valence-corrected chi connectivity index (χ4v) is 3.41. The Kier molecular flexibility index (Phi) is 5.34. The summed E-state index contributed by atoms with van der Waals surface area (Å²) < 4.78 is 16.4. The third kappa shape index (κ3) is 3.56. The Hall–Kier alpha value is -3.51. The average Bonchev–Trinajstić information content (AvgIpc) is 2.75. The van der Waals surface area contributed by atoms with Crippen LogP contribution in [-0.2, 0) is 4.74 Å². The SMILES string of the molecule is C[C@H]1OC(Oc2cc3oc(-c4ccc(O)c(O)c4)cc(=O)c3c(O)c2O)[C@@H](O)[C@@H](O)[C@@H]1O. The molecule has 32 heavy (non-hydrogen) atoms. The molecule has 4 rings (SSSR count). The summed E-state index contributed by atoms with van der Waals surface area (Å²) in [5.41, 5.74) is -0.676. The maximum absolute atomic E-state index is 12.6. The molecule has 1 aliphatic rings. The van der Waals surface area contributed by atoms with Gasteiger partial charge in [0, 0.05) is 17.7 Å². The molecule has 1 aliphatic heterocycles. The number of rotatable bonds is 3. The molecule has 2 aromatic carbocycles. The van der Waals surface area contributed by atoms with Crippen LogP contribution in [0.4, 0.5) is 0 Å². The Bertz CT molecular complexity index is 1230. The zero-order valence-electron chi connectivity index (χ0n) is 16.5. The summed E-state index contributed by atoms with van der Waals surface area (Å²) in [5.74, 6) is -2.93. The molecule has 1 fully saturated rings. The van der Waals surface area contributed by atoms with Crippen LogP contribution in [0.5, 0.6) is 28.7 Å². The van der Waals surface area contributed by atoms with Gasteiger partial charge in [-0.15, -0.1) is 0 Å². The fourth-order valence-electron chi connectivity index (χ4n) is 3.41. The number of benzene rings is 2. The van der Waals surface area contributed by atoms with Crippen LogP contribution >= 0.6 is 0 Å². The molecular weight excluding hydrogens is 428 g/mol. The summed E-state index contributed by atoms with van der Waals surface area (Å²) in [7, 11) is 0. The number of fused-ring (bicyclic) bond motifs is 1. The normalized spacial score (nSPS) is 25.7. The molecule has 11 heteroatoms. The van der Waals surface area contributed by atoms with Gasteiger partial charge < -0.3 is 49.6 Å². The second kappa shape index (κ2) is 7.88. The van der Waals surface area contributed by atoms with Crippen LogP contribution in [0.2, 0.25) is 0 Å². The first-order valence-electron chi connectivity index (χ1n) is 9.50. The van der Waals surface area contributed by atoms with Crippen molar-refractivity contribution in [2.24, 2.45) is 0 Å². The van der Waals surface area contributed by atoms with E-state index in [0.29, 0.717) is 0 Å². The Morgan fingerprint density at radius 3 is 2.28 bits per heavy atom. The van der Waals surface area contributed by atoms with Crippen LogP contribution in [0.15, 0.2) is 39.5 Å². The third-order valence-electron chi connectivity index (χ3n) is 5.24. The molecule has 170 valence electrons. The van der Waals surface area contributed by atoms with Crippen molar-refractivity contribution in [1.29, 1.82) is 0 Å². The zero-order valence-corrected chi connectivity index (χ0v) is 16.5. The number of hydrogen-bond acceptors (Lipinski definition) is 11. The van der Waals surface area contributed by atoms with Crippen molar-refractivity contribution in [3.8, 4) is 40.1 Å². The lowest BCUT2D eigenvalue weighted by Gasteiger charge is -2.38. The number of aromatic hydroxyl groups is 4. The molecule has 2 heterocycles. The number of aliphatic hydroxyl groups is 3. The van der Waals surface area contributed by atoms with Gasteiger partial charge in [-0.1, -0.05) is 0 Å². The summed E-state index contributed by atoms with van der Waals surface area (Å²) in [5, 5.41) is 69.3. The van der Waals surface area contributed by atoms with Gasteiger partial charge in [-0.2, -0.15) is 0 Å². The second-order valence-electron chi connectivity index (χ2n) is 7.42. The summed E-state index contributed by atoms with van der Waals surface area (Å²) in [6.07, 6.45) is -7.08. The van der Waals surface area contributed by atoms with Gasteiger partial charge in [-0.05, 0) is 25.1 Å². The molecule has 1 saturated heterocycles. The van der Waals surface area contributed by atoms with E-state index in [1.165, 1.54) is 19.1 Å². The van der Waals surface area contributed by atoms with E-state index in [2.05, 4.69) is 0 Å². The smallest absolute Gasteiger partial charge is 0.229 e. The molecule has 11 nitrogen and oxygen atoms in total. The minimum Gasteiger partial charge on any atom is -0.504 e. The fraction of sp³-hybridized carbons (Fsp3) is 0.286. The van der Waals surface area contributed by atoms with E-state index in [4.69, 9.17) is 13.9 Å². The number of phenols is 4. The van der Waals surface area contributed by atoms with Crippen molar-refractivity contribution in [1.82, 2.24) is 0 Å². The molecule has 0 bridgehead atoms. The van der Waals surface area contributed by atoms with Crippen molar-refractivity contribution >= 4 is 11.0 Å². The molecule has 0 amide bonds. The Morgan fingerprint density at radius 1 is 0.875 bits per heavy atom. The number of ether oxygens (including phenoxy) is 2. The van der Waals surface area contributed by atoms with E-state index < -0.39 is 59.1 Å². The van der Waals surface area contributed by atoms with E-state index in [1.54, 1.807) is 0 Å². The molecule has 1 aromatic heterocycles. The molecule has 1 unspecified atom stereocenters. The first-order valence-corrected chi connectivity index (χ1v) is 9.50. The second-order valence-corrected chi connectivity index (χ2v) is 7.42. The standard InChI is InChI=1S/C21H20O11/c1-7-16(25)19(28)20(29)21(30-7)32-14-6-13-15(18(27)17(14)26)11(24)5-12(31-13)8-2-3-9(22)10(23)4-8/h2-7,16,19-23,25-29H,1H3/t7-,16-,19+,20+,21?/m1/s1. The minimum absolute atomic E-state index is 0.0186. The third-order valence-corrected chi connectivity index (χ3v) is 5.24. The lowest BCUT2D eigenvalue weighted by molar-refractivity contribution is -0.268. The maximum Gasteiger partial charge on any atom is 0.229 e. The summed E-state index contributed by atoms with van der Waals surface area (Å²) in [4.78, 5) is 12.6. The maximum atomic E-state index is 12.6. The van der Waals surface area contributed by atoms with Gasteiger partial charge in [0.2, 0.25) is 12.0 Å². The average molecular weight is 448 g/mol. The molecule has 5 atom stereocenters. The molecule has 0 saturated carbocycles. The topological polar surface area (TPSA) is 190 Å². The quantitative estimate of drug-likeness (QED) is 0.276. The van der Waals surface area contributed by atoms with Crippen molar-refractivity contribution in [3.05, 3.63) is 40.6 Å². The summed E-state index contributed by atoms with van der Waals surface area (Å²) in [6, 6.07) is 5.85. The lowest BCUT2D eigenvalue weighted by atomic mass is 10.00. The van der Waals surface area contributed by atoms with Crippen LogP contribution in [0.25, 0.3) is 22.3 Å². The molecule has 7 N–H and O–H groups in total. The molecule has 0 radical (unpaired) electrons. The van der Waals surface area contributed by atoms with Gasteiger partial charge in [-0.3, -0.25) is 4.79 Å². The van der Waals surface area contributed by atoms with Crippen molar-refractivity contribution in [3.63, 3.8) is 0 Å². The van der Waals surface area contributed by atoms with Crippen molar-refractivity contribution < 1.29 is 49.6 Å². The van der Waals surface area contributed by atoms with Gasteiger partial charge in [0.1, 0.15) is 35.0 Å². The predicted molar refractivity (Wildman–Crippen MR) is 108 cm³/mol. The van der Waals surface area contributed by atoms with Crippen LogP contribution in [-0.4, -0.2) is 66.5 Å². The minimum atomic E-state index is -1.68. The van der Waals surface area contributed by atoms with E-state index >= 15 is 0 Å².